The minimum Gasteiger partial charge on any atom is -0.389 e. The van der Waals surface area contributed by atoms with Gasteiger partial charge >= 0.3 is 0 Å². The first kappa shape index (κ1) is 11.8. The molecule has 3 nitrogen and oxygen atoms in total. The van der Waals surface area contributed by atoms with Gasteiger partial charge in [-0.05, 0) is 32.4 Å². The lowest BCUT2D eigenvalue weighted by Crippen LogP contribution is -2.32. The van der Waals surface area contributed by atoms with Gasteiger partial charge in [-0.1, -0.05) is 0 Å². The number of carbonyl (C=O) groups excluding carboxylic acids is 1. The molecular formula is C12H17NO2S. The Morgan fingerprint density at radius 2 is 2.38 bits per heavy atom. The quantitative estimate of drug-likeness (QED) is 0.816. The molecule has 0 aromatic carbocycles. The van der Waals surface area contributed by atoms with Crippen molar-refractivity contribution in [1.82, 2.24) is 4.90 Å². The highest BCUT2D eigenvalue weighted by Gasteiger charge is 2.32. The monoisotopic (exact) mass is 239 g/mol. The molecule has 1 unspecified atom stereocenters. The zero-order valence-corrected chi connectivity index (χ0v) is 10.5. The van der Waals surface area contributed by atoms with E-state index in [0.29, 0.717) is 13.1 Å². The molecule has 0 radical (unpaired) electrons. The van der Waals surface area contributed by atoms with Crippen molar-refractivity contribution in [2.45, 2.75) is 25.9 Å². The lowest BCUT2D eigenvalue weighted by molar-refractivity contribution is 0.0670. The highest BCUT2D eigenvalue weighted by atomic mass is 32.1. The van der Waals surface area contributed by atoms with Crippen LogP contribution in [-0.2, 0) is 0 Å². The molecule has 0 aliphatic carbocycles. The Morgan fingerprint density at radius 1 is 1.62 bits per heavy atom. The Labute approximate surface area is 99.7 Å². The number of thiophene rings is 1. The molecular weight excluding hydrogens is 222 g/mol. The molecule has 0 bridgehead atoms. The van der Waals surface area contributed by atoms with Gasteiger partial charge in [-0.2, -0.15) is 0 Å². The molecule has 0 saturated carbocycles. The number of Topliss-reactive ketones (excluding diaryl/α,β-unsaturated/α-hetero) is 1. The Bertz CT molecular complexity index is 397. The highest BCUT2D eigenvalue weighted by molar-refractivity contribution is 7.14. The van der Waals surface area contributed by atoms with E-state index in [9.17, 15) is 9.90 Å². The summed E-state index contributed by atoms with van der Waals surface area (Å²) < 4.78 is 0. The van der Waals surface area contributed by atoms with Crippen molar-refractivity contribution in [2.75, 3.05) is 19.6 Å². The lowest BCUT2D eigenvalue weighted by atomic mass is 10.1. The second-order valence-electron chi connectivity index (χ2n) is 4.79. The first-order chi connectivity index (χ1) is 7.46. The molecule has 88 valence electrons. The summed E-state index contributed by atoms with van der Waals surface area (Å²) in [6, 6.07) is 3.86. The molecule has 1 aliphatic heterocycles. The van der Waals surface area contributed by atoms with Crippen LogP contribution in [0.15, 0.2) is 12.1 Å². The molecule has 4 heteroatoms. The number of ketones is 1. The highest BCUT2D eigenvalue weighted by Crippen LogP contribution is 2.21. The van der Waals surface area contributed by atoms with Gasteiger partial charge in [-0.25, -0.2) is 0 Å². The van der Waals surface area contributed by atoms with Gasteiger partial charge in [0, 0.05) is 18.0 Å². The van der Waals surface area contributed by atoms with Gasteiger partial charge in [0.1, 0.15) is 0 Å². The van der Waals surface area contributed by atoms with Gasteiger partial charge in [0.15, 0.2) is 5.78 Å². The van der Waals surface area contributed by atoms with Crippen LogP contribution < -0.4 is 0 Å². The Kier molecular flexibility index (Phi) is 3.15. The number of β-amino-alcohol motifs (C(OH)–C–C–N with tert-alkyl or cyclic N) is 1. The predicted octanol–water partition coefficient (Wildman–Crippen LogP) is 1.70. The number of nitrogens with zero attached hydrogens (tertiary/aromatic N) is 1. The van der Waals surface area contributed by atoms with Crippen molar-refractivity contribution >= 4 is 17.1 Å². The second-order valence-corrected chi connectivity index (χ2v) is 6.08. The van der Waals surface area contributed by atoms with Crippen molar-refractivity contribution in [3.63, 3.8) is 0 Å². The largest absolute Gasteiger partial charge is 0.389 e. The third kappa shape index (κ3) is 2.70. The van der Waals surface area contributed by atoms with E-state index in [1.54, 1.807) is 11.3 Å². The third-order valence-electron chi connectivity index (χ3n) is 2.91. The van der Waals surface area contributed by atoms with Crippen LogP contribution in [0.1, 0.15) is 27.9 Å². The summed E-state index contributed by atoms with van der Waals surface area (Å²) in [5.41, 5.74) is -0.619. The number of carbonyl (C=O) groups is 1. The van der Waals surface area contributed by atoms with Crippen molar-refractivity contribution < 1.29 is 9.90 Å². The van der Waals surface area contributed by atoms with Crippen molar-refractivity contribution in [2.24, 2.45) is 0 Å². The first-order valence-electron chi connectivity index (χ1n) is 5.51. The van der Waals surface area contributed by atoms with Crippen LogP contribution in [0.2, 0.25) is 0 Å². The van der Waals surface area contributed by atoms with E-state index in [0.717, 1.165) is 22.7 Å². The summed E-state index contributed by atoms with van der Waals surface area (Å²) >= 11 is 1.54. The van der Waals surface area contributed by atoms with Crippen molar-refractivity contribution in [3.8, 4) is 0 Å². The first-order valence-corrected chi connectivity index (χ1v) is 6.32. The minimum atomic E-state index is -0.619. The van der Waals surface area contributed by atoms with E-state index in [-0.39, 0.29) is 5.78 Å². The lowest BCUT2D eigenvalue weighted by Gasteiger charge is -2.17. The van der Waals surface area contributed by atoms with Gasteiger partial charge in [-0.15, -0.1) is 11.3 Å². The number of hydrogen-bond donors (Lipinski definition) is 1. The zero-order valence-electron chi connectivity index (χ0n) is 9.69. The third-order valence-corrected chi connectivity index (χ3v) is 3.95. The summed E-state index contributed by atoms with van der Waals surface area (Å²) in [6.07, 6.45) is 0.754. The average molecular weight is 239 g/mol. The molecule has 1 atom stereocenters. The van der Waals surface area contributed by atoms with E-state index in [1.807, 2.05) is 30.9 Å². The fourth-order valence-corrected chi connectivity index (χ4v) is 2.84. The maximum absolute atomic E-state index is 11.9. The molecule has 0 spiro atoms. The zero-order chi connectivity index (χ0) is 11.8. The smallest absolute Gasteiger partial charge is 0.186 e. The van der Waals surface area contributed by atoms with Crippen LogP contribution in [0.5, 0.6) is 0 Å². The summed E-state index contributed by atoms with van der Waals surface area (Å²) in [6.45, 7) is 5.66. The number of aliphatic hydroxyl groups is 1. The van der Waals surface area contributed by atoms with Gasteiger partial charge in [0.05, 0.1) is 17.0 Å². The standard InChI is InChI=1S/C12H17NO2S/c1-9-3-4-11(16-9)10(14)7-13-6-5-12(2,15)8-13/h3-4,15H,5-8H2,1-2H3. The van der Waals surface area contributed by atoms with Crippen LogP contribution >= 0.6 is 11.3 Å². The van der Waals surface area contributed by atoms with Crippen LogP contribution in [0, 0.1) is 6.92 Å². The van der Waals surface area contributed by atoms with Gasteiger partial charge in [0.2, 0.25) is 0 Å². The van der Waals surface area contributed by atoms with Gasteiger partial charge in [0.25, 0.3) is 0 Å². The van der Waals surface area contributed by atoms with Crippen molar-refractivity contribution in [3.05, 3.63) is 21.9 Å². The molecule has 2 rings (SSSR count). The topological polar surface area (TPSA) is 40.5 Å². The van der Waals surface area contributed by atoms with E-state index in [4.69, 9.17) is 0 Å². The van der Waals surface area contributed by atoms with E-state index in [1.165, 1.54) is 0 Å². The Morgan fingerprint density at radius 3 is 2.88 bits per heavy atom. The summed E-state index contributed by atoms with van der Waals surface area (Å²) in [5.74, 6) is 0.163. The molecule has 1 aliphatic rings. The number of likely N-dealkylation sites (tertiary alicyclic amines) is 1. The average Bonchev–Trinajstić information content (AvgIpc) is 2.73. The summed E-state index contributed by atoms with van der Waals surface area (Å²) in [5, 5.41) is 9.80. The van der Waals surface area contributed by atoms with Crippen molar-refractivity contribution in [1.29, 1.82) is 0 Å². The molecule has 16 heavy (non-hydrogen) atoms. The number of hydrogen-bond acceptors (Lipinski definition) is 4. The van der Waals surface area contributed by atoms with E-state index in [2.05, 4.69) is 0 Å². The molecule has 1 saturated heterocycles. The van der Waals surface area contributed by atoms with Crippen LogP contribution in [0.25, 0.3) is 0 Å². The SMILES string of the molecule is Cc1ccc(C(=O)CN2CCC(C)(O)C2)s1. The van der Waals surface area contributed by atoms with Gasteiger partial charge in [-0.3, -0.25) is 9.69 Å². The maximum Gasteiger partial charge on any atom is 0.186 e. The molecule has 0 amide bonds. The minimum absolute atomic E-state index is 0.163. The van der Waals surface area contributed by atoms with Crippen LogP contribution in [0.3, 0.4) is 0 Å². The molecule has 2 heterocycles. The molecule has 1 fully saturated rings. The fourth-order valence-electron chi connectivity index (χ4n) is 2.04. The van der Waals surface area contributed by atoms with Crippen LogP contribution in [-0.4, -0.2) is 41.0 Å². The Hall–Kier alpha value is -0.710. The van der Waals surface area contributed by atoms with E-state index >= 15 is 0 Å². The number of aryl methyl sites for hydroxylation is 1. The van der Waals surface area contributed by atoms with Gasteiger partial charge < -0.3 is 5.11 Å². The predicted molar refractivity (Wildman–Crippen MR) is 65.1 cm³/mol. The fraction of sp³-hybridized carbons (Fsp3) is 0.583. The Balaban J connectivity index is 1.94. The molecule has 1 aromatic rings. The molecule has 1 N–H and O–H groups in total. The summed E-state index contributed by atoms with van der Waals surface area (Å²) in [4.78, 5) is 15.9. The normalized spacial score (nSPS) is 26.2. The van der Waals surface area contributed by atoms with Crippen LogP contribution in [0.4, 0.5) is 0 Å². The maximum atomic E-state index is 11.9. The van der Waals surface area contributed by atoms with E-state index < -0.39 is 5.60 Å². The molecule has 1 aromatic heterocycles. The number of rotatable bonds is 3. The second kappa shape index (κ2) is 4.28. The summed E-state index contributed by atoms with van der Waals surface area (Å²) in [7, 11) is 0.